The van der Waals surface area contributed by atoms with Crippen molar-refractivity contribution in [2.75, 3.05) is 0 Å². The molecule has 0 radical (unpaired) electrons. The third-order valence-electron chi connectivity index (χ3n) is 1.76. The van der Waals surface area contributed by atoms with Gasteiger partial charge in [-0.2, -0.15) is 13.2 Å². The number of pyridine rings is 1. The van der Waals surface area contributed by atoms with Crippen molar-refractivity contribution in [2.45, 2.75) is 12.3 Å². The molecule has 0 fully saturated rings. The zero-order valence-corrected chi connectivity index (χ0v) is 7.25. The van der Waals surface area contributed by atoms with E-state index in [1.807, 2.05) is 0 Å². The Hall–Kier alpha value is -1.30. The highest BCUT2D eigenvalue weighted by Crippen LogP contribution is 2.30. The molecule has 0 aliphatic rings. The highest BCUT2D eigenvalue weighted by atomic mass is 19.4. The molecule has 0 aromatic carbocycles. The molecule has 1 rings (SSSR count). The number of hydrogen-bond acceptors (Lipinski definition) is 2. The minimum atomic E-state index is -4.81. The van der Waals surface area contributed by atoms with E-state index < -0.39 is 23.4 Å². The van der Waals surface area contributed by atoms with Crippen LogP contribution in [0.3, 0.4) is 0 Å². The van der Waals surface area contributed by atoms with Gasteiger partial charge in [-0.15, -0.1) is 0 Å². The summed E-state index contributed by atoms with van der Waals surface area (Å²) in [7, 11) is 1.31. The topological polar surface area (TPSA) is 42.2 Å². The van der Waals surface area contributed by atoms with Gasteiger partial charge in [0.1, 0.15) is 0 Å². The Morgan fingerprint density at radius 1 is 1.50 bits per heavy atom. The largest absolute Gasteiger partial charge is 0.418 e. The van der Waals surface area contributed by atoms with Crippen LogP contribution in [0.1, 0.15) is 11.7 Å². The maximum absolute atomic E-state index is 12.0. The summed E-state index contributed by atoms with van der Waals surface area (Å²) in [5.74, 6) is 0. The first-order valence-electron chi connectivity index (χ1n) is 3.74. The van der Waals surface area contributed by atoms with E-state index >= 15 is 0 Å². The molecule has 1 unspecified atom stereocenters. The van der Waals surface area contributed by atoms with E-state index in [0.29, 0.717) is 0 Å². The number of hydrogen-bond donors (Lipinski definition) is 1. The minimum Gasteiger partial charge on any atom is -0.379 e. The first-order valence-corrected chi connectivity index (χ1v) is 3.74. The van der Waals surface area contributed by atoms with Crippen LogP contribution in [0.25, 0.3) is 0 Å². The van der Waals surface area contributed by atoms with Crippen molar-refractivity contribution in [1.82, 2.24) is 4.57 Å². The van der Waals surface area contributed by atoms with Crippen LogP contribution in [0.15, 0.2) is 23.1 Å². The van der Waals surface area contributed by atoms with E-state index in [9.17, 15) is 18.0 Å². The smallest absolute Gasteiger partial charge is 0.379 e. The molecule has 78 valence electrons. The van der Waals surface area contributed by atoms with Crippen LogP contribution >= 0.6 is 0 Å². The van der Waals surface area contributed by atoms with Crippen LogP contribution in [-0.4, -0.2) is 15.8 Å². The molecular formula is C8H8F3NO2. The van der Waals surface area contributed by atoms with Gasteiger partial charge in [-0.1, -0.05) is 0 Å². The first kappa shape index (κ1) is 10.8. The Kier molecular flexibility index (Phi) is 2.66. The van der Waals surface area contributed by atoms with Gasteiger partial charge < -0.3 is 9.67 Å². The van der Waals surface area contributed by atoms with Crippen molar-refractivity contribution in [2.24, 2.45) is 7.05 Å². The molecule has 1 heterocycles. The summed E-state index contributed by atoms with van der Waals surface area (Å²) >= 11 is 0. The van der Waals surface area contributed by atoms with Crippen LogP contribution in [0.2, 0.25) is 0 Å². The predicted octanol–water partition coefficient (Wildman–Crippen LogP) is 0.981. The molecule has 1 aromatic rings. The van der Waals surface area contributed by atoms with Crippen LogP contribution in [-0.2, 0) is 7.05 Å². The Labute approximate surface area is 77.4 Å². The molecule has 0 amide bonds. The molecule has 0 saturated heterocycles. The molecule has 0 saturated carbocycles. The summed E-state index contributed by atoms with van der Waals surface area (Å²) in [5, 5.41) is 8.82. The van der Waals surface area contributed by atoms with Gasteiger partial charge in [-0.3, -0.25) is 4.79 Å². The highest BCUT2D eigenvalue weighted by Gasteiger charge is 2.40. The Morgan fingerprint density at radius 2 is 2.07 bits per heavy atom. The standard InChI is InChI=1S/C8H8F3NO2/c1-12-4-2-3-5(7(12)14)6(13)8(9,10)11/h2-4,6,13H,1H3. The fourth-order valence-electron chi connectivity index (χ4n) is 1.00. The lowest BCUT2D eigenvalue weighted by molar-refractivity contribution is -0.207. The molecule has 0 aliphatic heterocycles. The summed E-state index contributed by atoms with van der Waals surface area (Å²) < 4.78 is 37.1. The SMILES string of the molecule is Cn1cccc(C(O)C(F)(F)F)c1=O. The number of aryl methyl sites for hydroxylation is 1. The summed E-state index contributed by atoms with van der Waals surface area (Å²) in [6.45, 7) is 0. The Bertz CT molecular complexity index is 383. The highest BCUT2D eigenvalue weighted by molar-refractivity contribution is 5.14. The maximum atomic E-state index is 12.0. The summed E-state index contributed by atoms with van der Waals surface area (Å²) in [6.07, 6.45) is -6.22. The number of rotatable bonds is 1. The van der Waals surface area contributed by atoms with Crippen molar-refractivity contribution in [1.29, 1.82) is 0 Å². The lowest BCUT2D eigenvalue weighted by atomic mass is 10.1. The van der Waals surface area contributed by atoms with Gasteiger partial charge in [0, 0.05) is 13.2 Å². The van der Waals surface area contributed by atoms with Crippen molar-refractivity contribution < 1.29 is 18.3 Å². The number of aliphatic hydroxyl groups is 1. The monoisotopic (exact) mass is 207 g/mol. The Balaban J connectivity index is 3.21. The number of aromatic nitrogens is 1. The van der Waals surface area contributed by atoms with E-state index in [1.165, 1.54) is 19.3 Å². The number of nitrogens with zero attached hydrogens (tertiary/aromatic N) is 1. The summed E-state index contributed by atoms with van der Waals surface area (Å²) in [6, 6.07) is 2.23. The van der Waals surface area contributed by atoms with Crippen molar-refractivity contribution in [3.05, 3.63) is 34.2 Å². The van der Waals surface area contributed by atoms with Crippen LogP contribution < -0.4 is 5.56 Å². The minimum absolute atomic E-state index is 0.664. The maximum Gasteiger partial charge on any atom is 0.418 e. The molecule has 1 N–H and O–H groups in total. The Morgan fingerprint density at radius 3 is 2.57 bits per heavy atom. The molecule has 14 heavy (non-hydrogen) atoms. The molecule has 3 nitrogen and oxygen atoms in total. The molecule has 1 atom stereocenters. The van der Waals surface area contributed by atoms with E-state index in [-0.39, 0.29) is 0 Å². The van der Waals surface area contributed by atoms with Crippen molar-refractivity contribution >= 4 is 0 Å². The zero-order chi connectivity index (χ0) is 10.9. The van der Waals surface area contributed by atoms with Gasteiger partial charge >= 0.3 is 6.18 Å². The molecular weight excluding hydrogens is 199 g/mol. The lowest BCUT2D eigenvalue weighted by Crippen LogP contribution is -2.29. The molecule has 1 aromatic heterocycles. The summed E-state index contributed by atoms with van der Waals surface area (Å²) in [5.41, 5.74) is -1.51. The predicted molar refractivity (Wildman–Crippen MR) is 42.7 cm³/mol. The fraction of sp³-hybridized carbons (Fsp3) is 0.375. The zero-order valence-electron chi connectivity index (χ0n) is 7.25. The molecule has 0 spiro atoms. The lowest BCUT2D eigenvalue weighted by Gasteiger charge is -2.14. The van der Waals surface area contributed by atoms with Crippen molar-refractivity contribution in [3.8, 4) is 0 Å². The quantitative estimate of drug-likeness (QED) is 0.745. The van der Waals surface area contributed by atoms with Gasteiger partial charge in [-0.25, -0.2) is 0 Å². The average molecular weight is 207 g/mol. The van der Waals surface area contributed by atoms with Crippen LogP contribution in [0.5, 0.6) is 0 Å². The van der Waals surface area contributed by atoms with E-state index in [2.05, 4.69) is 0 Å². The van der Waals surface area contributed by atoms with Crippen LogP contribution in [0.4, 0.5) is 13.2 Å². The number of halogens is 3. The normalized spacial score (nSPS) is 14.1. The molecule has 0 aliphatic carbocycles. The second-order valence-corrected chi connectivity index (χ2v) is 2.82. The van der Waals surface area contributed by atoms with E-state index in [0.717, 1.165) is 10.6 Å². The fourth-order valence-corrected chi connectivity index (χ4v) is 1.00. The summed E-state index contributed by atoms with van der Waals surface area (Å²) in [4.78, 5) is 11.2. The van der Waals surface area contributed by atoms with Gasteiger partial charge in [0.05, 0.1) is 5.56 Å². The van der Waals surface area contributed by atoms with Crippen LogP contribution in [0, 0.1) is 0 Å². The third kappa shape index (κ3) is 1.95. The number of aliphatic hydroxyl groups excluding tert-OH is 1. The van der Waals surface area contributed by atoms with E-state index in [1.54, 1.807) is 0 Å². The van der Waals surface area contributed by atoms with Gasteiger partial charge in [0.25, 0.3) is 5.56 Å². The third-order valence-corrected chi connectivity index (χ3v) is 1.76. The van der Waals surface area contributed by atoms with Gasteiger partial charge in [0.2, 0.25) is 0 Å². The van der Waals surface area contributed by atoms with Crippen molar-refractivity contribution in [3.63, 3.8) is 0 Å². The second-order valence-electron chi connectivity index (χ2n) is 2.82. The molecule has 6 heteroatoms. The second kappa shape index (κ2) is 3.45. The van der Waals surface area contributed by atoms with Gasteiger partial charge in [0.15, 0.2) is 6.10 Å². The van der Waals surface area contributed by atoms with Gasteiger partial charge in [-0.05, 0) is 12.1 Å². The first-order chi connectivity index (χ1) is 6.34. The number of alkyl halides is 3. The van der Waals surface area contributed by atoms with E-state index in [4.69, 9.17) is 5.11 Å². The molecule has 0 bridgehead atoms. The average Bonchev–Trinajstić information content (AvgIpc) is 2.07.